The molecule has 1 aliphatic heterocycles. The van der Waals surface area contributed by atoms with Gasteiger partial charge in [0.05, 0.1) is 19.3 Å². The third kappa shape index (κ3) is 3.56. The van der Waals surface area contributed by atoms with E-state index in [1.807, 2.05) is 0 Å². The van der Waals surface area contributed by atoms with Crippen LogP contribution in [-0.4, -0.2) is 34.2 Å². The first-order valence-corrected chi connectivity index (χ1v) is 10.5. The van der Waals surface area contributed by atoms with Crippen LogP contribution in [0.5, 0.6) is 11.5 Å². The molecule has 10 heteroatoms. The molecule has 3 N–H and O–H groups in total. The minimum atomic E-state index is -1.28. The number of benzene rings is 3. The number of rotatable bonds is 5. The molecule has 0 atom stereocenters. The van der Waals surface area contributed by atoms with Crippen molar-refractivity contribution in [3.63, 3.8) is 0 Å². The topological polar surface area (TPSA) is 134 Å². The molecule has 0 amide bonds. The van der Waals surface area contributed by atoms with E-state index in [-0.39, 0.29) is 71.7 Å². The van der Waals surface area contributed by atoms with Crippen molar-refractivity contribution in [3.05, 3.63) is 67.3 Å². The quantitative estimate of drug-likeness (QED) is 0.257. The van der Waals surface area contributed by atoms with Gasteiger partial charge in [0.15, 0.2) is 22.9 Å². The lowest BCUT2D eigenvalue weighted by Gasteiger charge is -2.20. The second kappa shape index (κ2) is 8.64. The lowest BCUT2D eigenvalue weighted by atomic mass is 9.88. The van der Waals surface area contributed by atoms with Crippen molar-refractivity contribution < 1.29 is 34.1 Å². The maximum absolute atomic E-state index is 12.6. The van der Waals surface area contributed by atoms with Gasteiger partial charge in [0.2, 0.25) is 5.43 Å². The van der Waals surface area contributed by atoms with Gasteiger partial charge in [-0.25, -0.2) is 4.79 Å². The number of fused-ring (bicyclic) bond motifs is 2. The zero-order valence-electron chi connectivity index (χ0n) is 17.7. The number of aromatic hydroxyl groups is 1. The maximum atomic E-state index is 12.6. The number of Topliss-reactive ketones (excluding diaryl/α,β-unsaturated/α-hetero) is 1. The number of carboxylic acid groups (broad SMARTS) is 1. The normalized spacial score (nSPS) is 11.2. The number of carboxylic acids is 1. The number of ether oxygens (including phenoxy) is 1. The van der Waals surface area contributed by atoms with Gasteiger partial charge >= 0.3 is 5.97 Å². The molecule has 34 heavy (non-hydrogen) atoms. The van der Waals surface area contributed by atoms with Crippen LogP contribution in [0.3, 0.4) is 0 Å². The third-order valence-electron chi connectivity index (χ3n) is 5.48. The number of methoxy groups -OCH3 is 1. The molecule has 0 unspecified atom stereocenters. The van der Waals surface area contributed by atoms with Crippen LogP contribution in [-0.2, 0) is 6.61 Å². The van der Waals surface area contributed by atoms with E-state index >= 15 is 0 Å². The van der Waals surface area contributed by atoms with Gasteiger partial charge in [-0.15, -0.1) is 0 Å². The summed E-state index contributed by atoms with van der Waals surface area (Å²) >= 11 is 12.6. The van der Waals surface area contributed by atoms with Gasteiger partial charge in [0.1, 0.15) is 15.8 Å². The predicted molar refractivity (Wildman–Crippen MR) is 126 cm³/mol. The number of ketones is 1. The molecule has 8 nitrogen and oxygen atoms in total. The molecular weight excluding hydrogens is 487 g/mol. The number of phenols is 1. The molecule has 0 radical (unpaired) electrons. The largest absolute Gasteiger partial charge is 0.506 e. The molecule has 2 aromatic carbocycles. The summed E-state index contributed by atoms with van der Waals surface area (Å²) < 4.78 is 11.0. The Kier molecular flexibility index (Phi) is 5.99. The van der Waals surface area contributed by atoms with Gasteiger partial charge in [0, 0.05) is 27.6 Å². The van der Waals surface area contributed by atoms with E-state index < -0.39 is 23.8 Å². The molecule has 0 saturated heterocycles. The van der Waals surface area contributed by atoms with Crippen molar-refractivity contribution in [1.29, 1.82) is 0 Å². The standard InChI is InChI=1S/C24H16Cl2O8/c1-9(28)10-3-4-12(24(31)32)13(5-10)17-14-6-11(8-27)20(29)18(25)22(14)34-23-15(17)7-16(33-2)21(30)19(23)26/h3-7,27,29H,8H2,1-2H3,(H,31,32). The van der Waals surface area contributed by atoms with Gasteiger partial charge in [-0.2, -0.15) is 0 Å². The van der Waals surface area contributed by atoms with Crippen LogP contribution < -0.4 is 10.2 Å². The zero-order valence-corrected chi connectivity index (χ0v) is 19.2. The molecule has 1 heterocycles. The van der Waals surface area contributed by atoms with Gasteiger partial charge < -0.3 is 24.5 Å². The fraction of sp³-hybridized carbons (Fsp3) is 0.125. The molecule has 0 saturated carbocycles. The Labute approximate surface area is 201 Å². The lowest BCUT2D eigenvalue weighted by molar-refractivity contribution is 0.0697. The molecule has 0 spiro atoms. The number of hydrogen-bond acceptors (Lipinski definition) is 7. The fourth-order valence-electron chi connectivity index (χ4n) is 3.80. The maximum Gasteiger partial charge on any atom is 0.336 e. The number of carbonyl (C=O) groups is 2. The van der Waals surface area contributed by atoms with E-state index in [4.69, 9.17) is 32.4 Å². The third-order valence-corrected chi connectivity index (χ3v) is 6.17. The van der Waals surface area contributed by atoms with Crippen molar-refractivity contribution in [1.82, 2.24) is 0 Å². The molecule has 0 fully saturated rings. The number of hydrogen-bond donors (Lipinski definition) is 3. The molecule has 0 aromatic heterocycles. The van der Waals surface area contributed by atoms with Crippen LogP contribution in [0, 0.1) is 0 Å². The SMILES string of the molecule is COc1cc2c(-c3cc(C(C)=O)ccc3C(=O)O)c3cc(CO)c(O)c(Cl)c3oc-2c(Cl)c1=O. The first kappa shape index (κ1) is 23.6. The highest BCUT2D eigenvalue weighted by atomic mass is 35.5. The first-order chi connectivity index (χ1) is 16.1. The van der Waals surface area contributed by atoms with Gasteiger partial charge in [-0.05, 0) is 36.8 Å². The smallest absolute Gasteiger partial charge is 0.336 e. The Hall–Kier alpha value is -3.59. The summed E-state index contributed by atoms with van der Waals surface area (Å²) in [4.78, 5) is 36.8. The minimum Gasteiger partial charge on any atom is -0.506 e. The van der Waals surface area contributed by atoms with E-state index in [9.17, 15) is 29.7 Å². The van der Waals surface area contributed by atoms with Crippen molar-refractivity contribution in [2.24, 2.45) is 0 Å². The highest BCUT2D eigenvalue weighted by Crippen LogP contribution is 2.48. The zero-order chi connectivity index (χ0) is 24.9. The Bertz CT molecular complexity index is 1540. The Morgan fingerprint density at radius 1 is 1.09 bits per heavy atom. The summed E-state index contributed by atoms with van der Waals surface area (Å²) in [5, 5.41) is 29.6. The molecular formula is C24H16Cl2O8. The Morgan fingerprint density at radius 2 is 1.79 bits per heavy atom. The number of aliphatic hydroxyl groups excluding tert-OH is 1. The minimum absolute atomic E-state index is 0.0476. The van der Waals surface area contributed by atoms with Crippen LogP contribution in [0.1, 0.15) is 33.2 Å². The number of aliphatic hydroxyl groups is 1. The molecule has 2 aromatic rings. The molecule has 2 aliphatic rings. The second-order valence-electron chi connectivity index (χ2n) is 7.43. The highest BCUT2D eigenvalue weighted by molar-refractivity contribution is 6.37. The van der Waals surface area contributed by atoms with Crippen molar-refractivity contribution >= 4 is 45.9 Å². The lowest BCUT2D eigenvalue weighted by Crippen LogP contribution is -2.10. The molecule has 4 rings (SSSR count). The Morgan fingerprint density at radius 3 is 2.38 bits per heavy atom. The number of carbonyl (C=O) groups excluding carboxylic acids is 1. The summed E-state index contributed by atoms with van der Waals surface area (Å²) in [5.41, 5.74) is -0.150. The van der Waals surface area contributed by atoms with Crippen molar-refractivity contribution in [3.8, 4) is 33.9 Å². The molecule has 0 bridgehead atoms. The summed E-state index contributed by atoms with van der Waals surface area (Å²) in [5.74, 6) is -2.29. The van der Waals surface area contributed by atoms with E-state index in [2.05, 4.69) is 0 Å². The second-order valence-corrected chi connectivity index (χ2v) is 8.19. The van der Waals surface area contributed by atoms with Crippen LogP contribution >= 0.6 is 23.2 Å². The van der Waals surface area contributed by atoms with Gasteiger partial charge in [-0.1, -0.05) is 29.3 Å². The summed E-state index contributed by atoms with van der Waals surface area (Å²) in [7, 11) is 1.27. The summed E-state index contributed by atoms with van der Waals surface area (Å²) in [6, 6.07) is 6.78. The van der Waals surface area contributed by atoms with Crippen LogP contribution in [0.2, 0.25) is 10.0 Å². The molecule has 1 aliphatic carbocycles. The molecule has 174 valence electrons. The van der Waals surface area contributed by atoms with E-state index in [0.29, 0.717) is 0 Å². The summed E-state index contributed by atoms with van der Waals surface area (Å²) in [6.07, 6.45) is 0. The Balaban J connectivity index is 2.35. The van der Waals surface area contributed by atoms with Crippen molar-refractivity contribution in [2.45, 2.75) is 13.5 Å². The van der Waals surface area contributed by atoms with E-state index in [1.54, 1.807) is 0 Å². The van der Waals surface area contributed by atoms with E-state index in [0.717, 1.165) is 0 Å². The van der Waals surface area contributed by atoms with Gasteiger partial charge in [-0.3, -0.25) is 9.59 Å². The fourth-order valence-corrected chi connectivity index (χ4v) is 4.30. The number of aromatic carboxylic acids is 1. The summed E-state index contributed by atoms with van der Waals surface area (Å²) in [6.45, 7) is 0.750. The highest BCUT2D eigenvalue weighted by Gasteiger charge is 2.29. The van der Waals surface area contributed by atoms with Crippen LogP contribution in [0.15, 0.2) is 39.5 Å². The van der Waals surface area contributed by atoms with Crippen LogP contribution in [0.25, 0.3) is 33.4 Å². The predicted octanol–water partition coefficient (Wildman–Crippen LogP) is 4.98. The van der Waals surface area contributed by atoms with Crippen molar-refractivity contribution in [2.75, 3.05) is 7.11 Å². The van der Waals surface area contributed by atoms with Crippen LogP contribution in [0.4, 0.5) is 0 Å². The monoisotopic (exact) mass is 502 g/mol. The first-order valence-electron chi connectivity index (χ1n) is 9.77. The van der Waals surface area contributed by atoms with E-state index in [1.165, 1.54) is 44.4 Å². The van der Waals surface area contributed by atoms with Gasteiger partial charge in [0.25, 0.3) is 0 Å². The average Bonchev–Trinajstić information content (AvgIpc) is 2.82. The number of halogens is 2. The average molecular weight is 503 g/mol.